The predicted molar refractivity (Wildman–Crippen MR) is 144 cm³/mol. The topological polar surface area (TPSA) is 84.2 Å². The highest BCUT2D eigenvalue weighted by molar-refractivity contribution is 8.14. The van der Waals surface area contributed by atoms with E-state index in [0.717, 1.165) is 49.4 Å². The number of thioether (sulfide) groups is 1. The van der Waals surface area contributed by atoms with Gasteiger partial charge in [0.15, 0.2) is 11.4 Å². The number of esters is 1. The molecule has 37 heavy (non-hydrogen) atoms. The van der Waals surface area contributed by atoms with Gasteiger partial charge in [0.2, 0.25) is 5.12 Å². The van der Waals surface area contributed by atoms with E-state index in [1.807, 2.05) is 13.0 Å². The number of nitriles is 1. The number of nitrogens with zero attached hydrogens (tertiary/aromatic N) is 1. The molecule has 200 valence electrons. The van der Waals surface area contributed by atoms with Gasteiger partial charge in [-0.05, 0) is 85.7 Å². The minimum absolute atomic E-state index is 0.0652. The van der Waals surface area contributed by atoms with E-state index in [2.05, 4.69) is 53.7 Å². The molecule has 0 amide bonds. The maximum atomic E-state index is 13.9. The molecular formula is C31H41NO4S. The van der Waals surface area contributed by atoms with Crippen LogP contribution in [0.4, 0.5) is 0 Å². The van der Waals surface area contributed by atoms with Gasteiger partial charge in [-0.15, -0.1) is 0 Å². The van der Waals surface area contributed by atoms with Crippen molar-refractivity contribution in [2.45, 2.75) is 92.6 Å². The zero-order chi connectivity index (χ0) is 27.2. The molecule has 0 aromatic heterocycles. The van der Waals surface area contributed by atoms with E-state index in [-0.39, 0.29) is 50.7 Å². The molecule has 5 aliphatic rings. The smallest absolute Gasteiger partial charge is 0.311 e. The molecule has 0 unspecified atom stereocenters. The van der Waals surface area contributed by atoms with Gasteiger partial charge in [-0.1, -0.05) is 65.0 Å². The Kier molecular flexibility index (Phi) is 6.00. The monoisotopic (exact) mass is 523 g/mol. The number of carbonyl (C=O) groups excluding carboxylic acids is 3. The lowest BCUT2D eigenvalue weighted by Gasteiger charge is -2.58. The van der Waals surface area contributed by atoms with Crippen LogP contribution < -0.4 is 0 Å². The Morgan fingerprint density at radius 2 is 1.70 bits per heavy atom. The van der Waals surface area contributed by atoms with Crippen LogP contribution in [0, 0.1) is 56.7 Å². The fourth-order valence-electron chi connectivity index (χ4n) is 9.26. The highest BCUT2D eigenvalue weighted by atomic mass is 32.2. The third-order valence-electron chi connectivity index (χ3n) is 12.1. The summed E-state index contributed by atoms with van der Waals surface area (Å²) in [6.07, 6.45) is 9.08. The van der Waals surface area contributed by atoms with Crippen molar-refractivity contribution in [2.24, 2.45) is 45.3 Å². The van der Waals surface area contributed by atoms with Crippen LogP contribution in [-0.4, -0.2) is 28.2 Å². The number of rotatable bonds is 4. The molecule has 4 fully saturated rings. The van der Waals surface area contributed by atoms with Crippen molar-refractivity contribution in [2.75, 3.05) is 5.75 Å². The minimum atomic E-state index is -1.19. The molecule has 0 saturated heterocycles. The molecule has 4 saturated carbocycles. The Bertz CT molecular complexity index is 1160. The van der Waals surface area contributed by atoms with Gasteiger partial charge in [0.05, 0.1) is 17.7 Å². The summed E-state index contributed by atoms with van der Waals surface area (Å²) in [5, 5.41) is 9.07. The lowest BCUT2D eigenvalue weighted by molar-refractivity contribution is -0.187. The molecule has 5 rings (SSSR count). The Balaban J connectivity index is 1.49. The van der Waals surface area contributed by atoms with Crippen LogP contribution in [0.3, 0.4) is 0 Å². The first kappa shape index (κ1) is 26.7. The summed E-state index contributed by atoms with van der Waals surface area (Å²) >= 11 is 1.01. The number of allylic oxidation sites excluding steroid dienone is 4. The van der Waals surface area contributed by atoms with Gasteiger partial charge in [0, 0.05) is 10.8 Å². The second kappa shape index (κ2) is 8.31. The molecule has 0 N–H and O–H groups in total. The Labute approximate surface area is 225 Å². The number of ether oxygens (including phenoxy) is 1. The lowest BCUT2D eigenvalue weighted by atomic mass is 9.47. The maximum absolute atomic E-state index is 13.9. The summed E-state index contributed by atoms with van der Waals surface area (Å²) in [5.41, 5.74) is -0.0576. The van der Waals surface area contributed by atoms with Crippen LogP contribution >= 0.6 is 11.8 Å². The highest BCUT2D eigenvalue weighted by Crippen LogP contribution is 2.71. The van der Waals surface area contributed by atoms with Gasteiger partial charge in [0.25, 0.3) is 0 Å². The van der Waals surface area contributed by atoms with Gasteiger partial charge >= 0.3 is 5.97 Å². The van der Waals surface area contributed by atoms with E-state index in [9.17, 15) is 19.6 Å². The maximum Gasteiger partial charge on any atom is 0.311 e. The zero-order valence-corrected chi connectivity index (χ0v) is 24.2. The van der Waals surface area contributed by atoms with Crippen LogP contribution in [0.1, 0.15) is 87.0 Å². The van der Waals surface area contributed by atoms with Crippen LogP contribution in [0.15, 0.2) is 23.3 Å². The Hall–Kier alpha value is -1.87. The minimum Gasteiger partial charge on any atom is -0.449 e. The van der Waals surface area contributed by atoms with E-state index < -0.39 is 11.0 Å². The van der Waals surface area contributed by atoms with E-state index in [1.165, 1.54) is 5.57 Å². The summed E-state index contributed by atoms with van der Waals surface area (Å²) in [6, 6.07) is 2.09. The van der Waals surface area contributed by atoms with Crippen molar-refractivity contribution in [3.63, 3.8) is 0 Å². The van der Waals surface area contributed by atoms with Gasteiger partial charge in [-0.3, -0.25) is 14.4 Å². The highest BCUT2D eigenvalue weighted by Gasteiger charge is 2.73. The second-order valence-corrected chi connectivity index (χ2v) is 14.9. The lowest BCUT2D eigenvalue weighted by Crippen LogP contribution is -2.58. The van der Waals surface area contributed by atoms with Crippen LogP contribution in [0.5, 0.6) is 0 Å². The van der Waals surface area contributed by atoms with Crippen molar-refractivity contribution in [3.8, 4) is 6.07 Å². The van der Waals surface area contributed by atoms with Crippen molar-refractivity contribution in [1.82, 2.24) is 0 Å². The molecule has 0 bridgehead atoms. The molecule has 0 spiro atoms. The first-order valence-electron chi connectivity index (χ1n) is 13.9. The molecule has 0 aromatic carbocycles. The van der Waals surface area contributed by atoms with E-state index in [4.69, 9.17) is 4.74 Å². The number of hydrogen-bond acceptors (Lipinski definition) is 6. The number of hydrogen-bond donors (Lipinski definition) is 0. The molecule has 0 radical (unpaired) electrons. The van der Waals surface area contributed by atoms with Crippen molar-refractivity contribution >= 4 is 28.6 Å². The fraction of sp³-hybridized carbons (Fsp3) is 0.742. The summed E-state index contributed by atoms with van der Waals surface area (Å²) in [4.78, 5) is 40.0. The predicted octanol–water partition coefficient (Wildman–Crippen LogP) is 6.43. The molecular weight excluding hydrogens is 482 g/mol. The molecule has 0 heterocycles. The third kappa shape index (κ3) is 3.45. The quantitative estimate of drug-likeness (QED) is 0.395. The summed E-state index contributed by atoms with van der Waals surface area (Å²) < 4.78 is 6.48. The Morgan fingerprint density at radius 3 is 2.32 bits per heavy atom. The van der Waals surface area contributed by atoms with Crippen molar-refractivity contribution in [1.29, 1.82) is 5.26 Å². The average molecular weight is 524 g/mol. The Morgan fingerprint density at radius 1 is 1.05 bits per heavy atom. The molecule has 5 nitrogen and oxygen atoms in total. The zero-order valence-electron chi connectivity index (χ0n) is 23.4. The average Bonchev–Trinajstić information content (AvgIpc) is 3.05. The molecule has 0 aliphatic heterocycles. The van der Waals surface area contributed by atoms with Gasteiger partial charge in [0.1, 0.15) is 0 Å². The normalized spacial score (nSPS) is 41.4. The molecule has 0 aromatic rings. The van der Waals surface area contributed by atoms with Gasteiger partial charge < -0.3 is 4.74 Å². The van der Waals surface area contributed by atoms with E-state index in [0.29, 0.717) is 18.3 Å². The molecule has 6 atom stereocenters. The molecule has 5 aliphatic carbocycles. The first-order valence-corrected chi connectivity index (χ1v) is 14.9. The SMILES string of the molecule is CC1=C[C@@]2(C)C(=CC1=O)CC[C@@H]1[C@@H]2CC[C@@]2(C)[C@H]1CC[C@]2(OC(=O)C1C(C)(C)C1(C)C)C(=O)SCC#N. The van der Waals surface area contributed by atoms with E-state index in [1.54, 1.807) is 0 Å². The molecule has 6 heteroatoms. The first-order chi connectivity index (χ1) is 17.2. The van der Waals surface area contributed by atoms with Crippen LogP contribution in [0.2, 0.25) is 0 Å². The number of fused-ring (bicyclic) bond motifs is 5. The van der Waals surface area contributed by atoms with Crippen LogP contribution in [0.25, 0.3) is 0 Å². The summed E-state index contributed by atoms with van der Waals surface area (Å²) in [7, 11) is 0. The fourth-order valence-corrected chi connectivity index (χ4v) is 10.1. The summed E-state index contributed by atoms with van der Waals surface area (Å²) in [5.74, 6) is 0.772. The van der Waals surface area contributed by atoms with Gasteiger partial charge in [-0.25, -0.2) is 0 Å². The summed E-state index contributed by atoms with van der Waals surface area (Å²) in [6.45, 7) is 14.8. The van der Waals surface area contributed by atoms with Crippen molar-refractivity contribution < 1.29 is 19.1 Å². The van der Waals surface area contributed by atoms with Crippen LogP contribution in [-0.2, 0) is 19.1 Å². The number of ketones is 1. The second-order valence-electron chi connectivity index (χ2n) is 13.9. The van der Waals surface area contributed by atoms with Crippen molar-refractivity contribution in [3.05, 3.63) is 23.3 Å². The largest absolute Gasteiger partial charge is 0.449 e. The van der Waals surface area contributed by atoms with Gasteiger partial charge in [-0.2, -0.15) is 5.26 Å². The van der Waals surface area contributed by atoms with E-state index >= 15 is 0 Å². The number of carbonyl (C=O) groups is 3. The third-order valence-corrected chi connectivity index (χ3v) is 13.0. The standard InChI is InChI=1S/C31H41NO4S/c1-18-17-29(6)19(16-23(18)33)8-9-20-21(29)10-12-30(7)22(20)11-13-31(30,26(35)37-15-14-32)36-25(34)24-27(2,3)28(24,4)5/h16-17,20-22,24H,8-13,15H2,1-7H3/t20-,21+,22+,29+,30+,31+/m1/s1.